The van der Waals surface area contributed by atoms with Gasteiger partial charge in [0.25, 0.3) is 5.91 Å². The van der Waals surface area contributed by atoms with Gasteiger partial charge in [0.05, 0.1) is 36.4 Å². The van der Waals surface area contributed by atoms with E-state index >= 15 is 0 Å². The maximum atomic E-state index is 12.9. The van der Waals surface area contributed by atoms with E-state index in [0.717, 1.165) is 17.6 Å². The van der Waals surface area contributed by atoms with Crippen LogP contribution in [0.4, 0.5) is 0 Å². The second-order valence-electron chi connectivity index (χ2n) is 6.75. The molecule has 0 heterocycles. The molecule has 0 spiro atoms. The zero-order valence-electron chi connectivity index (χ0n) is 18.6. The number of nitrogens with two attached hydrogens (primary N) is 1. The number of carbonyl (C=O) groups excluding carboxylic acids is 1. The van der Waals surface area contributed by atoms with Crippen LogP contribution in [0.1, 0.15) is 40.2 Å². The fraction of sp³-hybridized carbons (Fsp3) is 0.478. The first-order chi connectivity index (χ1) is 14.8. The number of allylic oxidation sites excluding steroid dienone is 1. The minimum Gasteiger partial charge on any atom is -0.404 e. The summed E-state index contributed by atoms with van der Waals surface area (Å²) in [5.41, 5.74) is 8.40. The molecule has 32 heavy (non-hydrogen) atoms. The Bertz CT molecular complexity index is 823. The van der Waals surface area contributed by atoms with Gasteiger partial charge >= 0.3 is 0 Å². The monoisotopic (exact) mass is 486 g/mol. The summed E-state index contributed by atoms with van der Waals surface area (Å²) in [5, 5.41) is 7.17. The van der Waals surface area contributed by atoms with Gasteiger partial charge in [-0.3, -0.25) is 9.79 Å². The normalized spacial score (nSPS) is 12.7. The number of nitrogens with zero attached hydrogens (tertiary/aromatic N) is 1. The van der Waals surface area contributed by atoms with Crippen LogP contribution in [0.5, 0.6) is 0 Å². The summed E-state index contributed by atoms with van der Waals surface area (Å²) in [4.78, 5) is 17.3. The molecule has 0 aliphatic carbocycles. The number of hydrogen-bond acceptors (Lipinski definition) is 6. The molecule has 0 saturated carbocycles. The Morgan fingerprint density at radius 1 is 1.19 bits per heavy atom. The number of methoxy groups -OCH3 is 1. The highest BCUT2D eigenvalue weighted by Gasteiger charge is 2.16. The van der Waals surface area contributed by atoms with Gasteiger partial charge in [-0.25, -0.2) is 0 Å². The number of amides is 1. The second-order valence-corrected chi connectivity index (χ2v) is 7.56. The Kier molecular flexibility index (Phi) is 15.5. The molecular formula is C23H36Cl2N4O3. The number of aliphatic imine (C=N–C) groups is 1. The molecule has 0 atom stereocenters. The van der Waals surface area contributed by atoms with Gasteiger partial charge in [0, 0.05) is 13.7 Å². The molecule has 1 aromatic rings. The van der Waals surface area contributed by atoms with Crippen LogP contribution in [-0.4, -0.2) is 45.1 Å². The fourth-order valence-electron chi connectivity index (χ4n) is 2.41. The molecule has 0 aliphatic rings. The molecule has 0 saturated heterocycles. The zero-order valence-corrected chi connectivity index (χ0v) is 20.1. The maximum absolute atomic E-state index is 12.9. The zero-order chi connectivity index (χ0) is 23.2. The van der Waals surface area contributed by atoms with E-state index in [4.69, 9.17) is 38.4 Å². The van der Waals surface area contributed by atoms with Crippen molar-refractivity contribution < 1.29 is 14.3 Å². The third-order valence-electron chi connectivity index (χ3n) is 4.42. The van der Waals surface area contributed by atoms with E-state index in [0.29, 0.717) is 54.3 Å². The summed E-state index contributed by atoms with van der Waals surface area (Å²) >= 11 is 12.1. The summed E-state index contributed by atoms with van der Waals surface area (Å²) in [5.74, 6) is 0.271. The number of rotatable bonds is 13. The average molecular weight is 487 g/mol. The van der Waals surface area contributed by atoms with Crippen molar-refractivity contribution in [1.29, 1.82) is 0 Å². The molecule has 0 radical (unpaired) electrons. The van der Waals surface area contributed by atoms with Crippen LogP contribution in [0.3, 0.4) is 0 Å². The fourth-order valence-corrected chi connectivity index (χ4v) is 2.73. The Hall–Kier alpha value is -2.06. The number of hydrogen-bond donors (Lipinski definition) is 3. The largest absolute Gasteiger partial charge is 0.404 e. The van der Waals surface area contributed by atoms with Gasteiger partial charge in [0.15, 0.2) is 0 Å². The third kappa shape index (κ3) is 10.5. The van der Waals surface area contributed by atoms with E-state index in [1.807, 2.05) is 19.9 Å². The van der Waals surface area contributed by atoms with Crippen LogP contribution in [0, 0.1) is 0 Å². The Labute approximate surface area is 202 Å². The lowest BCUT2D eigenvalue weighted by Gasteiger charge is -2.17. The number of ether oxygens (including phenoxy) is 2. The number of benzene rings is 1. The highest BCUT2D eigenvalue weighted by atomic mass is 35.5. The van der Waals surface area contributed by atoms with Gasteiger partial charge in [-0.2, -0.15) is 0 Å². The van der Waals surface area contributed by atoms with Gasteiger partial charge < -0.3 is 25.8 Å². The predicted octanol–water partition coefficient (Wildman–Crippen LogP) is 4.44. The number of nitrogens with one attached hydrogen (secondary N) is 2. The van der Waals surface area contributed by atoms with Crippen molar-refractivity contribution in [1.82, 2.24) is 10.6 Å². The Morgan fingerprint density at radius 2 is 1.91 bits per heavy atom. The summed E-state index contributed by atoms with van der Waals surface area (Å²) in [7, 11) is 1.61. The van der Waals surface area contributed by atoms with Crippen molar-refractivity contribution in [2.24, 2.45) is 10.7 Å². The van der Waals surface area contributed by atoms with Crippen LogP contribution in [-0.2, 0) is 20.8 Å². The first-order valence-corrected chi connectivity index (χ1v) is 10.8. The minimum absolute atomic E-state index is 0. The lowest BCUT2D eigenvalue weighted by molar-refractivity contribution is -0.114. The van der Waals surface area contributed by atoms with E-state index in [2.05, 4.69) is 15.6 Å². The molecule has 0 unspecified atom stereocenters. The van der Waals surface area contributed by atoms with E-state index in [-0.39, 0.29) is 19.0 Å². The number of halogens is 2. The van der Waals surface area contributed by atoms with Gasteiger partial charge in [-0.05, 0) is 55.3 Å². The van der Waals surface area contributed by atoms with Crippen molar-refractivity contribution in [2.45, 2.75) is 41.2 Å². The second kappa shape index (κ2) is 16.6. The van der Waals surface area contributed by atoms with Gasteiger partial charge in [0.1, 0.15) is 11.5 Å². The molecule has 0 bridgehead atoms. The van der Waals surface area contributed by atoms with Crippen molar-refractivity contribution in [3.63, 3.8) is 0 Å². The molecule has 4 N–H and O–H groups in total. The van der Waals surface area contributed by atoms with Crippen molar-refractivity contribution in [3.8, 4) is 0 Å². The Balaban J connectivity index is 0.00000961. The number of carbonyl (C=O) groups is 1. The SMILES string of the molecule is C.CCC(C)=C(NCc1ccc(Cl)c(Cl)c1)NC(=O)C(=NCCOCCOC)/C(C)=C\N. The first kappa shape index (κ1) is 29.9. The van der Waals surface area contributed by atoms with Gasteiger partial charge in [-0.1, -0.05) is 43.6 Å². The van der Waals surface area contributed by atoms with E-state index < -0.39 is 0 Å². The minimum atomic E-state index is -0.347. The standard InChI is InChI=1S/C22H32Cl2N4O3.CH4/c1-5-15(2)21(27-14-17-6-7-18(23)19(24)12-17)28-22(29)20(16(3)13-25)26-8-9-31-11-10-30-4;/h6-7,12-13,27H,5,8-11,14,25H2,1-4H3,(H,28,29);1H4/b16-13-,21-15?,26-20?;. The van der Waals surface area contributed by atoms with Crippen LogP contribution in [0.25, 0.3) is 0 Å². The van der Waals surface area contributed by atoms with Crippen molar-refractivity contribution in [2.75, 3.05) is 33.5 Å². The summed E-state index contributed by atoms with van der Waals surface area (Å²) in [6.07, 6.45) is 2.12. The lowest BCUT2D eigenvalue weighted by Crippen LogP contribution is -2.37. The average Bonchev–Trinajstić information content (AvgIpc) is 2.77. The first-order valence-electron chi connectivity index (χ1n) is 10.0. The molecule has 0 fully saturated rings. The third-order valence-corrected chi connectivity index (χ3v) is 5.16. The quantitative estimate of drug-likeness (QED) is 0.282. The molecule has 7 nitrogen and oxygen atoms in total. The lowest BCUT2D eigenvalue weighted by atomic mass is 10.1. The molecule has 0 aliphatic heterocycles. The molecule has 1 rings (SSSR count). The van der Waals surface area contributed by atoms with Crippen molar-refractivity contribution in [3.05, 3.63) is 57.0 Å². The highest BCUT2D eigenvalue weighted by Crippen LogP contribution is 2.22. The highest BCUT2D eigenvalue weighted by molar-refractivity contribution is 6.45. The molecule has 1 amide bonds. The van der Waals surface area contributed by atoms with E-state index in [9.17, 15) is 4.79 Å². The molecule has 1 aromatic carbocycles. The Morgan fingerprint density at radius 3 is 2.50 bits per heavy atom. The molecule has 0 aromatic heterocycles. The van der Waals surface area contributed by atoms with Gasteiger partial charge in [0.2, 0.25) is 0 Å². The van der Waals surface area contributed by atoms with Gasteiger partial charge in [-0.15, -0.1) is 0 Å². The predicted molar refractivity (Wildman–Crippen MR) is 134 cm³/mol. The van der Waals surface area contributed by atoms with Crippen LogP contribution in [0.2, 0.25) is 10.0 Å². The maximum Gasteiger partial charge on any atom is 0.275 e. The molecule has 9 heteroatoms. The van der Waals surface area contributed by atoms with E-state index in [1.165, 1.54) is 6.20 Å². The smallest absolute Gasteiger partial charge is 0.275 e. The van der Waals surface area contributed by atoms with Crippen LogP contribution in [0.15, 0.2) is 46.4 Å². The molecular weight excluding hydrogens is 451 g/mol. The van der Waals surface area contributed by atoms with Crippen LogP contribution >= 0.6 is 23.2 Å². The van der Waals surface area contributed by atoms with E-state index in [1.54, 1.807) is 26.2 Å². The molecule has 180 valence electrons. The summed E-state index contributed by atoms with van der Waals surface area (Å²) < 4.78 is 10.3. The summed E-state index contributed by atoms with van der Waals surface area (Å²) in [6, 6.07) is 5.40. The van der Waals surface area contributed by atoms with Crippen molar-refractivity contribution >= 4 is 34.8 Å². The summed E-state index contributed by atoms with van der Waals surface area (Å²) in [6.45, 7) is 7.86. The topological polar surface area (TPSA) is 98.0 Å². The van der Waals surface area contributed by atoms with Crippen LogP contribution < -0.4 is 16.4 Å².